The van der Waals surface area contributed by atoms with Crippen LogP contribution < -0.4 is 16.8 Å². The summed E-state index contributed by atoms with van der Waals surface area (Å²) in [5.41, 5.74) is 15.0. The van der Waals surface area contributed by atoms with E-state index in [9.17, 15) is 4.79 Å². The number of nitrogens with two attached hydrogens (primary N) is 2. The fourth-order valence-corrected chi connectivity index (χ4v) is 2.18. The molecule has 0 fully saturated rings. The summed E-state index contributed by atoms with van der Waals surface area (Å²) in [6, 6.07) is 7.10. The second kappa shape index (κ2) is 10.9. The second-order valence-corrected chi connectivity index (χ2v) is 5.59. The number of ketones is 1. The van der Waals surface area contributed by atoms with Crippen LogP contribution in [0.1, 0.15) is 31.4 Å². The van der Waals surface area contributed by atoms with E-state index in [1.807, 2.05) is 56.3 Å². The van der Waals surface area contributed by atoms with Crippen molar-refractivity contribution in [2.75, 3.05) is 7.05 Å². The predicted molar refractivity (Wildman–Crippen MR) is 105 cm³/mol. The van der Waals surface area contributed by atoms with Crippen LogP contribution in [-0.4, -0.2) is 18.9 Å². The van der Waals surface area contributed by atoms with E-state index < -0.39 is 6.04 Å². The summed E-state index contributed by atoms with van der Waals surface area (Å²) in [6.07, 6.45) is 8.05. The number of nitrogens with one attached hydrogen (secondary N) is 1. The molecule has 0 aromatic heterocycles. The second-order valence-electron chi connectivity index (χ2n) is 5.59. The van der Waals surface area contributed by atoms with Gasteiger partial charge in [0.25, 0.3) is 0 Å². The van der Waals surface area contributed by atoms with Gasteiger partial charge in [-0.2, -0.15) is 0 Å². The normalized spacial score (nSPS) is 13.3. The summed E-state index contributed by atoms with van der Waals surface area (Å²) in [4.78, 5) is 12.2. The van der Waals surface area contributed by atoms with E-state index >= 15 is 0 Å². The van der Waals surface area contributed by atoms with Crippen LogP contribution in [0.15, 0.2) is 60.0 Å². The van der Waals surface area contributed by atoms with Gasteiger partial charge in [-0.25, -0.2) is 0 Å². The molecule has 0 amide bonds. The third-order valence-corrected chi connectivity index (χ3v) is 3.72. The Morgan fingerprint density at radius 3 is 2.48 bits per heavy atom. The van der Waals surface area contributed by atoms with Crippen molar-refractivity contribution < 1.29 is 4.79 Å². The van der Waals surface area contributed by atoms with Crippen LogP contribution in [0.5, 0.6) is 0 Å². The number of hydrogen-bond acceptors (Lipinski definition) is 4. The van der Waals surface area contributed by atoms with Gasteiger partial charge < -0.3 is 16.8 Å². The molecule has 0 bridgehead atoms. The lowest BCUT2D eigenvalue weighted by atomic mass is 10.00. The SMILES string of the molecule is C/C=C\C(C#Cc1ccc(CC(=O)C(N)C/C(=C/N)NC)cc1)=C/C. The van der Waals surface area contributed by atoms with Gasteiger partial charge in [-0.15, -0.1) is 0 Å². The van der Waals surface area contributed by atoms with E-state index in [4.69, 9.17) is 11.5 Å². The zero-order valence-corrected chi connectivity index (χ0v) is 15.2. The number of carbonyl (C=O) groups excluding carboxylic acids is 1. The zero-order valence-electron chi connectivity index (χ0n) is 15.2. The van der Waals surface area contributed by atoms with Crippen molar-refractivity contribution in [2.45, 2.75) is 32.7 Å². The standard InChI is InChI=1S/C21H27N3O/c1-4-6-16(5-2)7-8-17-9-11-18(12-10-17)13-21(25)20(23)14-19(15-22)24-3/h4-6,9-12,15,20,24H,13-14,22-23H2,1-3H3/b6-4-,16-5+,19-15-. The van der Waals surface area contributed by atoms with Crippen LogP contribution in [0, 0.1) is 11.8 Å². The molecule has 1 unspecified atom stereocenters. The molecule has 0 spiro atoms. The number of Topliss-reactive ketones (excluding diaryl/α,β-unsaturated/α-hetero) is 1. The fourth-order valence-electron chi connectivity index (χ4n) is 2.18. The molecule has 0 aliphatic carbocycles. The van der Waals surface area contributed by atoms with Crippen molar-refractivity contribution in [1.82, 2.24) is 5.32 Å². The van der Waals surface area contributed by atoms with Crippen molar-refractivity contribution in [3.63, 3.8) is 0 Å². The Morgan fingerprint density at radius 1 is 1.28 bits per heavy atom. The molecular formula is C21H27N3O. The van der Waals surface area contributed by atoms with Gasteiger partial charge in [0.2, 0.25) is 0 Å². The highest BCUT2D eigenvalue weighted by Crippen LogP contribution is 2.08. The van der Waals surface area contributed by atoms with Gasteiger partial charge in [-0.05, 0) is 31.5 Å². The smallest absolute Gasteiger partial charge is 0.154 e. The molecule has 0 saturated heterocycles. The highest BCUT2D eigenvalue weighted by Gasteiger charge is 2.15. The molecule has 25 heavy (non-hydrogen) atoms. The average Bonchev–Trinajstić information content (AvgIpc) is 2.63. The summed E-state index contributed by atoms with van der Waals surface area (Å²) in [6.45, 7) is 3.92. The minimum Gasteiger partial charge on any atom is -0.403 e. The van der Waals surface area contributed by atoms with E-state index in [1.54, 1.807) is 7.05 Å². The lowest BCUT2D eigenvalue weighted by Crippen LogP contribution is -2.34. The zero-order chi connectivity index (χ0) is 18.7. The van der Waals surface area contributed by atoms with Crippen molar-refractivity contribution >= 4 is 5.78 Å². The van der Waals surface area contributed by atoms with Crippen molar-refractivity contribution in [3.8, 4) is 11.8 Å². The molecule has 4 nitrogen and oxygen atoms in total. The van der Waals surface area contributed by atoms with Crippen LogP contribution in [0.3, 0.4) is 0 Å². The first-order valence-electron chi connectivity index (χ1n) is 8.30. The molecule has 0 heterocycles. The number of benzene rings is 1. The maximum atomic E-state index is 12.2. The van der Waals surface area contributed by atoms with E-state index in [0.717, 1.165) is 22.4 Å². The quantitative estimate of drug-likeness (QED) is 0.527. The minimum absolute atomic E-state index is 0.0160. The summed E-state index contributed by atoms with van der Waals surface area (Å²) in [7, 11) is 1.76. The molecule has 132 valence electrons. The minimum atomic E-state index is -0.570. The maximum absolute atomic E-state index is 12.2. The monoisotopic (exact) mass is 337 g/mol. The van der Waals surface area contributed by atoms with Crippen LogP contribution in [0.4, 0.5) is 0 Å². The van der Waals surface area contributed by atoms with Crippen LogP contribution >= 0.6 is 0 Å². The lowest BCUT2D eigenvalue weighted by molar-refractivity contribution is -0.119. The average molecular weight is 337 g/mol. The number of rotatable bonds is 7. The Kier molecular flexibility index (Phi) is 8.84. The van der Waals surface area contributed by atoms with Crippen LogP contribution in [-0.2, 0) is 11.2 Å². The van der Waals surface area contributed by atoms with Gasteiger partial charge in [0.15, 0.2) is 5.78 Å². The Hall–Kier alpha value is -2.77. The van der Waals surface area contributed by atoms with Crippen LogP contribution in [0.25, 0.3) is 0 Å². The van der Waals surface area contributed by atoms with E-state index in [2.05, 4.69) is 17.2 Å². The largest absolute Gasteiger partial charge is 0.403 e. The summed E-state index contributed by atoms with van der Waals surface area (Å²) in [5.74, 6) is 6.21. The van der Waals surface area contributed by atoms with Gasteiger partial charge in [0, 0.05) is 42.9 Å². The van der Waals surface area contributed by atoms with Crippen LogP contribution in [0.2, 0.25) is 0 Å². The molecule has 0 radical (unpaired) electrons. The summed E-state index contributed by atoms with van der Waals surface area (Å²) >= 11 is 0. The molecule has 4 heteroatoms. The van der Waals surface area contributed by atoms with E-state index in [0.29, 0.717) is 12.8 Å². The molecule has 1 atom stereocenters. The highest BCUT2D eigenvalue weighted by molar-refractivity contribution is 5.86. The van der Waals surface area contributed by atoms with Gasteiger partial charge in [-0.1, -0.05) is 42.2 Å². The molecule has 1 aromatic rings. The van der Waals surface area contributed by atoms with Gasteiger partial charge >= 0.3 is 0 Å². The van der Waals surface area contributed by atoms with Gasteiger partial charge in [-0.3, -0.25) is 4.79 Å². The van der Waals surface area contributed by atoms with Crippen molar-refractivity contribution in [2.24, 2.45) is 11.5 Å². The number of allylic oxidation sites excluding steroid dienone is 4. The van der Waals surface area contributed by atoms with E-state index in [1.165, 1.54) is 6.20 Å². The molecular weight excluding hydrogens is 310 g/mol. The molecule has 1 rings (SSSR count). The van der Waals surface area contributed by atoms with Crippen molar-refractivity contribution in [1.29, 1.82) is 0 Å². The number of hydrogen-bond donors (Lipinski definition) is 3. The molecule has 5 N–H and O–H groups in total. The first kappa shape index (κ1) is 20.3. The predicted octanol–water partition coefficient (Wildman–Crippen LogP) is 2.41. The molecule has 0 saturated carbocycles. The third kappa shape index (κ3) is 7.11. The lowest BCUT2D eigenvalue weighted by Gasteiger charge is -2.13. The molecule has 0 aliphatic rings. The maximum Gasteiger partial charge on any atom is 0.154 e. The third-order valence-electron chi connectivity index (χ3n) is 3.72. The number of carbonyl (C=O) groups is 1. The van der Waals surface area contributed by atoms with Gasteiger partial charge in [0.05, 0.1) is 6.04 Å². The highest BCUT2D eigenvalue weighted by atomic mass is 16.1. The first-order valence-corrected chi connectivity index (χ1v) is 8.30. The topological polar surface area (TPSA) is 81.1 Å². The molecule has 0 aliphatic heterocycles. The Balaban J connectivity index is 2.71. The first-order chi connectivity index (χ1) is 12.0. The fraction of sp³-hybridized carbons (Fsp3) is 0.286. The van der Waals surface area contributed by atoms with Gasteiger partial charge in [0.1, 0.15) is 0 Å². The Morgan fingerprint density at radius 2 is 1.96 bits per heavy atom. The van der Waals surface area contributed by atoms with Crippen molar-refractivity contribution in [3.05, 3.63) is 71.1 Å². The van der Waals surface area contributed by atoms with E-state index in [-0.39, 0.29) is 5.78 Å². The Bertz CT molecular complexity index is 716. The summed E-state index contributed by atoms with van der Waals surface area (Å²) in [5, 5.41) is 2.93. The Labute approximate surface area is 150 Å². The summed E-state index contributed by atoms with van der Waals surface area (Å²) < 4.78 is 0. The molecule has 1 aromatic carbocycles.